The third-order valence-corrected chi connectivity index (χ3v) is 8.38. The second-order valence-corrected chi connectivity index (χ2v) is 12.1. The highest BCUT2D eigenvalue weighted by Crippen LogP contribution is 2.27. The van der Waals surface area contributed by atoms with Crippen molar-refractivity contribution in [3.8, 4) is 40.7 Å². The molecule has 0 aliphatic rings. The summed E-state index contributed by atoms with van der Waals surface area (Å²) in [7, 11) is 0. The maximum atomic E-state index is 15.2. The first-order valence-electron chi connectivity index (χ1n) is 15.9. The first-order valence-corrected chi connectivity index (χ1v) is 15.9. The van der Waals surface area contributed by atoms with E-state index in [9.17, 15) is 0 Å². The van der Waals surface area contributed by atoms with E-state index in [-0.39, 0.29) is 0 Å². The lowest BCUT2D eigenvalue weighted by atomic mass is 9.91. The normalized spacial score (nSPS) is 12.3. The number of aryl methyl sites for hydroxylation is 1. The minimum Gasteiger partial charge on any atom is -0.244 e. The zero-order valence-corrected chi connectivity index (χ0v) is 25.6. The van der Waals surface area contributed by atoms with Gasteiger partial charge in [0.2, 0.25) is 0 Å². The summed E-state index contributed by atoms with van der Waals surface area (Å²) >= 11 is 0. The van der Waals surface area contributed by atoms with Crippen LogP contribution in [0.15, 0.2) is 97.1 Å². The van der Waals surface area contributed by atoms with E-state index in [0.717, 1.165) is 41.5 Å². The Kier molecular flexibility index (Phi) is 12.2. The lowest BCUT2D eigenvalue weighted by Crippen LogP contribution is -2.21. The Morgan fingerprint density at radius 3 is 1.42 bits per heavy atom. The Morgan fingerprint density at radius 2 is 0.953 bits per heavy atom. The summed E-state index contributed by atoms with van der Waals surface area (Å²) in [4.78, 5) is 0. The fraction of sp³-hybridized carbons (Fsp3) is 0.341. The Labute approximate surface area is 258 Å². The molecule has 0 radical (unpaired) electrons. The van der Waals surface area contributed by atoms with Gasteiger partial charge in [-0.15, -0.1) is 6.42 Å². The molecule has 4 aromatic rings. The fourth-order valence-electron chi connectivity index (χ4n) is 5.75. The van der Waals surface area contributed by atoms with Crippen molar-refractivity contribution in [2.75, 3.05) is 0 Å². The lowest BCUT2D eigenvalue weighted by Gasteiger charge is -2.20. The van der Waals surface area contributed by atoms with Gasteiger partial charge in [-0.05, 0) is 83.8 Å². The standard InChI is InChI=1S/C41H44FN/c1-3-33-14-22-37(23-15-33)38-24-16-34(17-25-38)13-11-9-7-5-4-6-8-10-12-30-41(2,42)31-35-18-26-39(27-19-35)40-28-20-36(32-43)21-29-40/h1,14-29H,4-13,30-31H2,2H3. The topological polar surface area (TPSA) is 23.8 Å². The van der Waals surface area contributed by atoms with Crippen LogP contribution in [0.4, 0.5) is 4.39 Å². The molecule has 0 spiro atoms. The van der Waals surface area contributed by atoms with E-state index in [1.165, 1.54) is 61.6 Å². The van der Waals surface area contributed by atoms with Crippen molar-refractivity contribution in [3.63, 3.8) is 0 Å². The molecule has 2 heteroatoms. The second-order valence-electron chi connectivity index (χ2n) is 12.1. The molecular formula is C41H44FN. The Morgan fingerprint density at radius 1 is 0.558 bits per heavy atom. The summed E-state index contributed by atoms with van der Waals surface area (Å²) in [5, 5.41) is 8.97. The molecule has 1 nitrogen and oxygen atoms in total. The summed E-state index contributed by atoms with van der Waals surface area (Å²) in [6.45, 7) is 1.75. The van der Waals surface area contributed by atoms with Crippen molar-refractivity contribution in [1.82, 2.24) is 0 Å². The molecule has 0 amide bonds. The molecule has 1 unspecified atom stereocenters. The Balaban J connectivity index is 1.02. The van der Waals surface area contributed by atoms with Gasteiger partial charge in [-0.25, -0.2) is 4.39 Å². The van der Waals surface area contributed by atoms with Gasteiger partial charge in [0.05, 0.1) is 11.6 Å². The quantitative estimate of drug-likeness (QED) is 0.0972. The number of rotatable bonds is 16. The van der Waals surface area contributed by atoms with E-state index in [1.807, 2.05) is 60.7 Å². The summed E-state index contributed by atoms with van der Waals surface area (Å²) in [5.74, 6) is 2.67. The summed E-state index contributed by atoms with van der Waals surface area (Å²) in [6, 6.07) is 35.0. The van der Waals surface area contributed by atoms with Crippen molar-refractivity contribution in [2.24, 2.45) is 0 Å². The molecule has 0 saturated heterocycles. The van der Waals surface area contributed by atoms with Crippen molar-refractivity contribution < 1.29 is 4.39 Å². The average Bonchev–Trinajstić information content (AvgIpc) is 3.04. The lowest BCUT2D eigenvalue weighted by molar-refractivity contribution is 0.169. The summed E-state index contributed by atoms with van der Waals surface area (Å²) in [6.07, 6.45) is 18.6. The monoisotopic (exact) mass is 569 g/mol. The van der Waals surface area contributed by atoms with E-state index < -0.39 is 5.67 Å². The van der Waals surface area contributed by atoms with Crippen molar-refractivity contribution >= 4 is 0 Å². The molecule has 0 aliphatic carbocycles. The van der Waals surface area contributed by atoms with Crippen LogP contribution in [0.1, 0.15) is 93.4 Å². The first-order chi connectivity index (χ1) is 21.0. The molecule has 0 saturated carbocycles. The zero-order valence-electron chi connectivity index (χ0n) is 25.6. The number of halogens is 1. The third-order valence-electron chi connectivity index (χ3n) is 8.38. The van der Waals surface area contributed by atoms with Crippen molar-refractivity contribution in [2.45, 2.75) is 89.6 Å². The average molecular weight is 570 g/mol. The van der Waals surface area contributed by atoms with Gasteiger partial charge >= 0.3 is 0 Å². The molecule has 4 aromatic carbocycles. The predicted molar refractivity (Wildman–Crippen MR) is 179 cm³/mol. The fourth-order valence-corrected chi connectivity index (χ4v) is 5.75. The van der Waals surface area contributed by atoms with Gasteiger partial charge in [-0.1, -0.05) is 130 Å². The van der Waals surface area contributed by atoms with Crippen molar-refractivity contribution in [3.05, 3.63) is 119 Å². The summed E-state index contributed by atoms with van der Waals surface area (Å²) < 4.78 is 15.2. The van der Waals surface area contributed by atoms with Gasteiger partial charge in [0.15, 0.2) is 0 Å². The van der Waals surface area contributed by atoms with Crippen LogP contribution < -0.4 is 0 Å². The van der Waals surface area contributed by atoms with Crippen LogP contribution in [-0.2, 0) is 12.8 Å². The van der Waals surface area contributed by atoms with Crippen molar-refractivity contribution in [1.29, 1.82) is 5.26 Å². The molecule has 0 heterocycles. The second kappa shape index (κ2) is 16.5. The number of hydrogen-bond donors (Lipinski definition) is 0. The van der Waals surface area contributed by atoms with E-state index in [0.29, 0.717) is 18.4 Å². The van der Waals surface area contributed by atoms with Crippen LogP contribution in [0.3, 0.4) is 0 Å². The molecule has 4 rings (SSSR count). The van der Waals surface area contributed by atoms with Crippen LogP contribution in [0.2, 0.25) is 0 Å². The molecule has 0 aliphatic heterocycles. The molecule has 0 N–H and O–H groups in total. The minimum absolute atomic E-state index is 0.450. The third kappa shape index (κ3) is 10.6. The molecule has 220 valence electrons. The predicted octanol–water partition coefficient (Wildman–Crippen LogP) is 11.3. The largest absolute Gasteiger partial charge is 0.244 e. The molecular weight excluding hydrogens is 525 g/mol. The maximum Gasteiger partial charge on any atom is 0.112 e. The molecule has 0 bridgehead atoms. The highest BCUT2D eigenvalue weighted by atomic mass is 19.1. The molecule has 0 aromatic heterocycles. The number of nitriles is 1. The van der Waals surface area contributed by atoms with Crippen LogP contribution in [0, 0.1) is 23.7 Å². The number of terminal acetylenes is 1. The number of alkyl halides is 1. The van der Waals surface area contributed by atoms with Gasteiger partial charge in [0, 0.05) is 12.0 Å². The van der Waals surface area contributed by atoms with Gasteiger partial charge < -0.3 is 0 Å². The Bertz CT molecular complexity index is 1460. The minimum atomic E-state index is -1.18. The highest BCUT2D eigenvalue weighted by molar-refractivity contribution is 5.65. The van der Waals surface area contributed by atoms with E-state index >= 15 is 4.39 Å². The zero-order chi connectivity index (χ0) is 30.3. The number of nitrogens with zero attached hydrogens (tertiary/aromatic N) is 1. The molecule has 43 heavy (non-hydrogen) atoms. The van der Waals surface area contributed by atoms with Crippen LogP contribution in [0.5, 0.6) is 0 Å². The highest BCUT2D eigenvalue weighted by Gasteiger charge is 2.23. The first kappa shape index (κ1) is 31.8. The van der Waals surface area contributed by atoms with Gasteiger partial charge in [-0.3, -0.25) is 0 Å². The van der Waals surface area contributed by atoms with Gasteiger partial charge in [-0.2, -0.15) is 5.26 Å². The maximum absolute atomic E-state index is 15.2. The van der Waals surface area contributed by atoms with E-state index in [2.05, 4.69) is 48.4 Å². The number of benzene rings is 4. The SMILES string of the molecule is C#Cc1ccc(-c2ccc(CCCCCCCCCCCC(C)(F)Cc3ccc(-c4ccc(C#N)cc4)cc3)cc2)cc1. The number of unbranched alkanes of at least 4 members (excludes halogenated alkanes) is 8. The van der Waals surface area contributed by atoms with Gasteiger partial charge in [0.1, 0.15) is 5.67 Å². The summed E-state index contributed by atoms with van der Waals surface area (Å²) in [5.41, 5.74) is 7.42. The van der Waals surface area contributed by atoms with E-state index in [4.69, 9.17) is 11.7 Å². The van der Waals surface area contributed by atoms with Crippen LogP contribution in [0.25, 0.3) is 22.3 Å². The van der Waals surface area contributed by atoms with Crippen LogP contribution >= 0.6 is 0 Å². The Hall–Kier alpha value is -4.14. The number of hydrogen-bond acceptors (Lipinski definition) is 1. The molecule has 1 atom stereocenters. The smallest absolute Gasteiger partial charge is 0.112 e. The molecule has 0 fully saturated rings. The van der Waals surface area contributed by atoms with Gasteiger partial charge in [0.25, 0.3) is 0 Å². The van der Waals surface area contributed by atoms with Crippen LogP contribution in [-0.4, -0.2) is 5.67 Å². The van der Waals surface area contributed by atoms with E-state index in [1.54, 1.807) is 6.92 Å².